The molecule has 2 aliphatic rings. The molecule has 1 atom stereocenters. The van der Waals surface area contributed by atoms with Crippen molar-refractivity contribution in [1.82, 2.24) is 10.2 Å². The summed E-state index contributed by atoms with van der Waals surface area (Å²) in [6.45, 7) is 1.52. The molecule has 2 heterocycles. The van der Waals surface area contributed by atoms with E-state index in [9.17, 15) is 14.4 Å². The van der Waals surface area contributed by atoms with Crippen LogP contribution in [0.1, 0.15) is 27.1 Å². The van der Waals surface area contributed by atoms with Crippen molar-refractivity contribution < 1.29 is 14.4 Å². The molecule has 0 spiro atoms. The average molecular weight is 273 g/mol. The van der Waals surface area contributed by atoms with Gasteiger partial charge in [-0.2, -0.15) is 0 Å². The molecule has 6 nitrogen and oxygen atoms in total. The van der Waals surface area contributed by atoms with Crippen LogP contribution in [0.3, 0.4) is 0 Å². The molecule has 2 N–H and O–H groups in total. The van der Waals surface area contributed by atoms with E-state index in [1.165, 1.54) is 7.05 Å². The van der Waals surface area contributed by atoms with E-state index >= 15 is 0 Å². The van der Waals surface area contributed by atoms with Crippen LogP contribution < -0.4 is 10.6 Å². The van der Waals surface area contributed by atoms with Gasteiger partial charge >= 0.3 is 0 Å². The van der Waals surface area contributed by atoms with Gasteiger partial charge in [-0.25, -0.2) is 0 Å². The predicted molar refractivity (Wildman–Crippen MR) is 72.5 cm³/mol. The number of rotatable bonds is 2. The fourth-order valence-electron chi connectivity index (χ4n) is 2.56. The van der Waals surface area contributed by atoms with Gasteiger partial charge in [-0.3, -0.25) is 19.3 Å². The highest BCUT2D eigenvalue weighted by Gasteiger charge is 2.33. The van der Waals surface area contributed by atoms with Crippen molar-refractivity contribution in [1.29, 1.82) is 0 Å². The van der Waals surface area contributed by atoms with Gasteiger partial charge in [-0.05, 0) is 31.2 Å². The molecule has 1 saturated heterocycles. The quantitative estimate of drug-likeness (QED) is 0.767. The number of nitrogens with zero attached hydrogens (tertiary/aromatic N) is 1. The Bertz CT molecular complexity index is 606. The fourth-order valence-corrected chi connectivity index (χ4v) is 2.56. The minimum atomic E-state index is -0.330. The minimum absolute atomic E-state index is 0.0386. The van der Waals surface area contributed by atoms with Crippen molar-refractivity contribution in [2.75, 3.05) is 25.5 Å². The second kappa shape index (κ2) is 4.72. The summed E-state index contributed by atoms with van der Waals surface area (Å²) in [6.07, 6.45) is 0.816. The first-order valence-corrected chi connectivity index (χ1v) is 6.56. The maximum Gasteiger partial charge on any atom is 0.261 e. The highest BCUT2D eigenvalue weighted by Crippen LogP contribution is 2.25. The van der Waals surface area contributed by atoms with Crippen LogP contribution >= 0.6 is 0 Å². The number of nitrogens with one attached hydrogen (secondary N) is 2. The van der Waals surface area contributed by atoms with Crippen molar-refractivity contribution in [3.8, 4) is 0 Å². The number of carbonyl (C=O) groups is 3. The van der Waals surface area contributed by atoms with Gasteiger partial charge in [0.05, 0.1) is 17.0 Å². The molecule has 3 amide bonds. The molecule has 20 heavy (non-hydrogen) atoms. The van der Waals surface area contributed by atoms with Gasteiger partial charge in [-0.1, -0.05) is 0 Å². The Kier molecular flexibility index (Phi) is 3.02. The van der Waals surface area contributed by atoms with Gasteiger partial charge in [0, 0.05) is 19.3 Å². The SMILES string of the molecule is CN1C(=O)c2ccc(NC(=O)C3CCNC3)cc2C1=O. The molecule has 1 aromatic carbocycles. The number of amides is 3. The zero-order chi connectivity index (χ0) is 14.3. The van der Waals surface area contributed by atoms with Crippen molar-refractivity contribution in [2.24, 2.45) is 5.92 Å². The van der Waals surface area contributed by atoms with E-state index in [0.29, 0.717) is 23.4 Å². The number of imide groups is 1. The maximum absolute atomic E-state index is 12.0. The number of fused-ring (bicyclic) bond motifs is 1. The lowest BCUT2D eigenvalue weighted by Crippen LogP contribution is -2.25. The zero-order valence-electron chi connectivity index (χ0n) is 11.1. The molecule has 1 aromatic rings. The number of hydrogen-bond acceptors (Lipinski definition) is 4. The first-order valence-electron chi connectivity index (χ1n) is 6.56. The Labute approximate surface area is 116 Å². The molecule has 6 heteroatoms. The second-order valence-electron chi connectivity index (χ2n) is 5.11. The van der Waals surface area contributed by atoms with Gasteiger partial charge in [0.1, 0.15) is 0 Å². The third-order valence-electron chi connectivity index (χ3n) is 3.79. The summed E-state index contributed by atoms with van der Waals surface area (Å²) < 4.78 is 0. The van der Waals surface area contributed by atoms with E-state index in [2.05, 4.69) is 10.6 Å². The standard InChI is InChI=1S/C14H15N3O3/c1-17-13(19)10-3-2-9(6-11(10)14(17)20)16-12(18)8-4-5-15-7-8/h2-3,6,8,15H,4-5,7H2,1H3,(H,16,18). The van der Waals surface area contributed by atoms with Crippen LogP contribution in [0.5, 0.6) is 0 Å². The summed E-state index contributed by atoms with van der Waals surface area (Å²) >= 11 is 0. The first-order chi connectivity index (χ1) is 9.58. The number of benzene rings is 1. The minimum Gasteiger partial charge on any atom is -0.326 e. The molecule has 2 aliphatic heterocycles. The molecule has 1 unspecified atom stereocenters. The maximum atomic E-state index is 12.0. The smallest absolute Gasteiger partial charge is 0.261 e. The Hall–Kier alpha value is -2.21. The topological polar surface area (TPSA) is 78.5 Å². The lowest BCUT2D eigenvalue weighted by atomic mass is 10.1. The van der Waals surface area contributed by atoms with Crippen LogP contribution in [0.25, 0.3) is 0 Å². The summed E-state index contributed by atoms with van der Waals surface area (Å²) in [5, 5.41) is 5.94. The van der Waals surface area contributed by atoms with Crippen LogP contribution in [-0.2, 0) is 4.79 Å². The van der Waals surface area contributed by atoms with Crippen molar-refractivity contribution in [3.05, 3.63) is 29.3 Å². The van der Waals surface area contributed by atoms with Crippen LogP contribution in [0.4, 0.5) is 5.69 Å². The molecular formula is C14H15N3O3. The van der Waals surface area contributed by atoms with Gasteiger partial charge in [-0.15, -0.1) is 0 Å². The normalized spacial score (nSPS) is 21.2. The fraction of sp³-hybridized carbons (Fsp3) is 0.357. The average Bonchev–Trinajstić information content (AvgIpc) is 3.04. The van der Waals surface area contributed by atoms with Crippen molar-refractivity contribution in [3.63, 3.8) is 0 Å². The number of hydrogen-bond donors (Lipinski definition) is 2. The van der Waals surface area contributed by atoms with E-state index in [1.807, 2.05) is 0 Å². The molecule has 0 aliphatic carbocycles. The molecule has 0 bridgehead atoms. The summed E-state index contributed by atoms with van der Waals surface area (Å²) in [4.78, 5) is 36.7. The van der Waals surface area contributed by atoms with Crippen LogP contribution in [0.2, 0.25) is 0 Å². The lowest BCUT2D eigenvalue weighted by molar-refractivity contribution is -0.119. The third kappa shape index (κ3) is 1.98. The summed E-state index contributed by atoms with van der Waals surface area (Å²) in [6, 6.07) is 4.81. The summed E-state index contributed by atoms with van der Waals surface area (Å²) in [5.41, 5.74) is 1.29. The number of carbonyl (C=O) groups excluding carboxylic acids is 3. The third-order valence-corrected chi connectivity index (χ3v) is 3.79. The lowest BCUT2D eigenvalue weighted by Gasteiger charge is -2.10. The highest BCUT2D eigenvalue weighted by molar-refractivity contribution is 6.21. The van der Waals surface area contributed by atoms with Gasteiger partial charge in [0.15, 0.2) is 0 Å². The zero-order valence-corrected chi connectivity index (χ0v) is 11.1. The van der Waals surface area contributed by atoms with Crippen LogP contribution in [-0.4, -0.2) is 42.8 Å². The molecular weight excluding hydrogens is 258 g/mol. The van der Waals surface area contributed by atoms with E-state index in [-0.39, 0.29) is 23.6 Å². The first kappa shape index (κ1) is 12.8. The number of anilines is 1. The van der Waals surface area contributed by atoms with Crippen LogP contribution in [0.15, 0.2) is 18.2 Å². The Morgan fingerprint density at radius 1 is 1.30 bits per heavy atom. The van der Waals surface area contributed by atoms with E-state index in [4.69, 9.17) is 0 Å². The van der Waals surface area contributed by atoms with Gasteiger partial charge in [0.25, 0.3) is 11.8 Å². The highest BCUT2D eigenvalue weighted by atomic mass is 16.2. The Morgan fingerprint density at radius 3 is 2.75 bits per heavy atom. The van der Waals surface area contributed by atoms with Crippen LogP contribution in [0, 0.1) is 5.92 Å². The molecule has 1 fully saturated rings. The van der Waals surface area contributed by atoms with E-state index in [1.54, 1.807) is 18.2 Å². The van der Waals surface area contributed by atoms with Crippen molar-refractivity contribution in [2.45, 2.75) is 6.42 Å². The van der Waals surface area contributed by atoms with E-state index in [0.717, 1.165) is 17.9 Å². The Morgan fingerprint density at radius 2 is 2.05 bits per heavy atom. The largest absolute Gasteiger partial charge is 0.326 e. The molecule has 3 rings (SSSR count). The van der Waals surface area contributed by atoms with Gasteiger partial charge < -0.3 is 10.6 Å². The van der Waals surface area contributed by atoms with E-state index < -0.39 is 0 Å². The second-order valence-corrected chi connectivity index (χ2v) is 5.11. The van der Waals surface area contributed by atoms with Gasteiger partial charge in [0.2, 0.25) is 5.91 Å². The monoisotopic (exact) mass is 273 g/mol. The summed E-state index contributed by atoms with van der Waals surface area (Å²) in [7, 11) is 1.45. The molecule has 0 radical (unpaired) electrons. The predicted octanol–water partition coefficient (Wildman–Crippen LogP) is 0.460. The van der Waals surface area contributed by atoms with Crippen molar-refractivity contribution >= 4 is 23.4 Å². The Balaban J connectivity index is 1.81. The summed E-state index contributed by atoms with van der Waals surface area (Å²) in [5.74, 6) is -0.727. The molecule has 104 valence electrons. The molecule has 0 aromatic heterocycles. The molecule has 0 saturated carbocycles.